The van der Waals surface area contributed by atoms with Gasteiger partial charge in [-0.15, -0.1) is 0 Å². The van der Waals surface area contributed by atoms with Crippen LogP contribution in [0.25, 0.3) is 28.3 Å². The van der Waals surface area contributed by atoms with E-state index in [9.17, 15) is 0 Å². The van der Waals surface area contributed by atoms with Crippen molar-refractivity contribution >= 4 is 5.65 Å². The molecule has 0 unspecified atom stereocenters. The minimum atomic E-state index is 0.323. The van der Waals surface area contributed by atoms with Gasteiger partial charge in [0.25, 0.3) is 0 Å². The number of rotatable bonds is 5. The van der Waals surface area contributed by atoms with Crippen LogP contribution >= 0.6 is 0 Å². The molecule has 1 fully saturated rings. The lowest BCUT2D eigenvalue weighted by atomic mass is 10.2. The number of allylic oxidation sites excluding steroid dienone is 2. The molecule has 0 aromatic carbocycles. The van der Waals surface area contributed by atoms with E-state index in [0.717, 1.165) is 28.3 Å². The molecule has 1 aliphatic carbocycles. The Balaban J connectivity index is 1.61. The standard InChI is InChI=1S/C20H21N7/c1-3-4-18(14-5-6-14)27-13-16(11-23-27)20-24-17(15-10-22-25(2)12-15)9-19-21-7-8-26(19)20/h3-4,7-14,18H,5-6H2,1-2H3/b4-3+/t18-/m1/s1. The fourth-order valence-corrected chi connectivity index (χ4v) is 3.54. The SMILES string of the molecule is C/C=C/[C@H](C1CC1)n1cc(-c2nc(-c3cnn(C)c3)cc3nccn23)cn1. The largest absolute Gasteiger partial charge is 0.284 e. The van der Waals surface area contributed by atoms with Crippen LogP contribution in [0.1, 0.15) is 25.8 Å². The molecule has 0 amide bonds. The Morgan fingerprint density at radius 2 is 2.00 bits per heavy atom. The quantitative estimate of drug-likeness (QED) is 0.511. The minimum absolute atomic E-state index is 0.323. The summed E-state index contributed by atoms with van der Waals surface area (Å²) >= 11 is 0. The molecule has 4 aromatic heterocycles. The lowest BCUT2D eigenvalue weighted by Gasteiger charge is -2.12. The van der Waals surface area contributed by atoms with Crippen LogP contribution in [0.15, 0.2) is 55.4 Å². The molecule has 4 aromatic rings. The zero-order valence-corrected chi connectivity index (χ0v) is 15.4. The highest BCUT2D eigenvalue weighted by Crippen LogP contribution is 2.40. The Morgan fingerprint density at radius 3 is 2.74 bits per heavy atom. The second kappa shape index (κ2) is 6.19. The van der Waals surface area contributed by atoms with E-state index in [0.29, 0.717) is 12.0 Å². The van der Waals surface area contributed by atoms with Gasteiger partial charge in [0.1, 0.15) is 11.5 Å². The van der Waals surface area contributed by atoms with Gasteiger partial charge >= 0.3 is 0 Å². The monoisotopic (exact) mass is 359 g/mol. The highest BCUT2D eigenvalue weighted by molar-refractivity contribution is 5.68. The Labute approximate surface area is 157 Å². The summed E-state index contributed by atoms with van der Waals surface area (Å²) in [7, 11) is 1.90. The van der Waals surface area contributed by atoms with Gasteiger partial charge in [-0.1, -0.05) is 12.2 Å². The van der Waals surface area contributed by atoms with Crippen LogP contribution in [-0.2, 0) is 7.05 Å². The van der Waals surface area contributed by atoms with Crippen molar-refractivity contribution in [3.05, 3.63) is 55.4 Å². The van der Waals surface area contributed by atoms with Gasteiger partial charge in [0, 0.05) is 43.5 Å². The first-order valence-corrected chi connectivity index (χ1v) is 9.23. The van der Waals surface area contributed by atoms with E-state index in [-0.39, 0.29) is 0 Å². The maximum atomic E-state index is 4.90. The van der Waals surface area contributed by atoms with E-state index in [1.165, 1.54) is 12.8 Å². The number of aromatic nitrogens is 7. The number of hydrogen-bond donors (Lipinski definition) is 0. The molecule has 7 heteroatoms. The summed E-state index contributed by atoms with van der Waals surface area (Å²) in [5.41, 5.74) is 3.68. The van der Waals surface area contributed by atoms with E-state index in [1.54, 1.807) is 10.9 Å². The highest BCUT2D eigenvalue weighted by atomic mass is 15.3. The Bertz CT molecular complexity index is 1130. The first-order valence-electron chi connectivity index (χ1n) is 9.23. The third-order valence-corrected chi connectivity index (χ3v) is 5.05. The average molecular weight is 359 g/mol. The summed E-state index contributed by atoms with van der Waals surface area (Å²) in [6, 6.07) is 2.31. The lowest BCUT2D eigenvalue weighted by molar-refractivity contribution is 0.485. The van der Waals surface area contributed by atoms with Gasteiger partial charge in [-0.05, 0) is 25.7 Å². The number of fused-ring (bicyclic) bond motifs is 1. The molecule has 4 heterocycles. The summed E-state index contributed by atoms with van der Waals surface area (Å²) in [6.45, 7) is 2.06. The molecule has 0 spiro atoms. The van der Waals surface area contributed by atoms with Gasteiger partial charge in [-0.2, -0.15) is 10.2 Å². The second-order valence-corrected chi connectivity index (χ2v) is 7.09. The first kappa shape index (κ1) is 16.0. The molecule has 0 aliphatic heterocycles. The molecule has 136 valence electrons. The van der Waals surface area contributed by atoms with Crippen LogP contribution in [0.5, 0.6) is 0 Å². The van der Waals surface area contributed by atoms with Crippen molar-refractivity contribution < 1.29 is 0 Å². The van der Waals surface area contributed by atoms with Crippen molar-refractivity contribution in [2.75, 3.05) is 0 Å². The van der Waals surface area contributed by atoms with Gasteiger partial charge in [-0.25, -0.2) is 9.97 Å². The third kappa shape index (κ3) is 2.85. The molecule has 0 radical (unpaired) electrons. The van der Waals surface area contributed by atoms with Crippen molar-refractivity contribution in [2.45, 2.75) is 25.8 Å². The van der Waals surface area contributed by atoms with Crippen LogP contribution in [0.4, 0.5) is 0 Å². The number of imidazole rings is 1. The van der Waals surface area contributed by atoms with E-state index in [2.05, 4.69) is 45.1 Å². The van der Waals surface area contributed by atoms with Crippen molar-refractivity contribution in [3.63, 3.8) is 0 Å². The van der Waals surface area contributed by atoms with Crippen LogP contribution < -0.4 is 0 Å². The Kier molecular flexibility index (Phi) is 3.67. The maximum Gasteiger partial charge on any atom is 0.149 e. The van der Waals surface area contributed by atoms with Crippen molar-refractivity contribution in [1.29, 1.82) is 0 Å². The lowest BCUT2D eigenvalue weighted by Crippen LogP contribution is -2.08. The summed E-state index contributed by atoms with van der Waals surface area (Å²) in [4.78, 5) is 9.37. The Hall–Kier alpha value is -3.22. The molecular weight excluding hydrogens is 338 g/mol. The molecule has 27 heavy (non-hydrogen) atoms. The van der Waals surface area contributed by atoms with Crippen LogP contribution in [0, 0.1) is 5.92 Å². The molecule has 0 saturated heterocycles. The van der Waals surface area contributed by atoms with Crippen molar-refractivity contribution in [3.8, 4) is 22.6 Å². The van der Waals surface area contributed by atoms with Gasteiger partial charge in [0.2, 0.25) is 0 Å². The fourth-order valence-electron chi connectivity index (χ4n) is 3.54. The molecule has 1 saturated carbocycles. The van der Waals surface area contributed by atoms with Crippen molar-refractivity contribution in [1.82, 2.24) is 33.9 Å². The van der Waals surface area contributed by atoms with E-state index >= 15 is 0 Å². The smallest absolute Gasteiger partial charge is 0.149 e. The van der Waals surface area contributed by atoms with Gasteiger partial charge in [0.15, 0.2) is 0 Å². The fraction of sp³-hybridized carbons (Fsp3) is 0.300. The minimum Gasteiger partial charge on any atom is -0.284 e. The maximum absolute atomic E-state index is 4.90. The molecule has 7 nitrogen and oxygen atoms in total. The molecule has 1 atom stereocenters. The normalized spacial score (nSPS) is 15.8. The van der Waals surface area contributed by atoms with E-state index < -0.39 is 0 Å². The van der Waals surface area contributed by atoms with E-state index in [4.69, 9.17) is 4.98 Å². The Morgan fingerprint density at radius 1 is 1.15 bits per heavy atom. The van der Waals surface area contributed by atoms with Gasteiger partial charge in [0.05, 0.1) is 29.7 Å². The van der Waals surface area contributed by atoms with Gasteiger partial charge in [-0.3, -0.25) is 13.8 Å². The third-order valence-electron chi connectivity index (χ3n) is 5.05. The summed E-state index contributed by atoms with van der Waals surface area (Å²) < 4.78 is 5.85. The number of nitrogens with zero attached hydrogens (tertiary/aromatic N) is 7. The molecule has 0 bridgehead atoms. The van der Waals surface area contributed by atoms with Crippen molar-refractivity contribution in [2.24, 2.45) is 13.0 Å². The zero-order valence-electron chi connectivity index (χ0n) is 15.4. The van der Waals surface area contributed by atoms with Crippen LogP contribution in [0.2, 0.25) is 0 Å². The van der Waals surface area contributed by atoms with Crippen LogP contribution in [-0.4, -0.2) is 33.9 Å². The topological polar surface area (TPSA) is 65.8 Å². The molecule has 1 aliphatic rings. The first-order chi connectivity index (χ1) is 13.2. The second-order valence-electron chi connectivity index (χ2n) is 7.09. The molecule has 5 rings (SSSR count). The van der Waals surface area contributed by atoms with Gasteiger partial charge < -0.3 is 0 Å². The predicted molar refractivity (Wildman–Crippen MR) is 103 cm³/mol. The van der Waals surface area contributed by atoms with E-state index in [1.807, 2.05) is 42.3 Å². The predicted octanol–water partition coefficient (Wildman–Crippen LogP) is 3.52. The number of aryl methyl sites for hydroxylation is 1. The zero-order chi connectivity index (χ0) is 18.4. The number of hydrogen-bond acceptors (Lipinski definition) is 4. The van der Waals surface area contributed by atoms with Crippen LogP contribution in [0.3, 0.4) is 0 Å². The summed E-state index contributed by atoms with van der Waals surface area (Å²) in [5.74, 6) is 1.53. The summed E-state index contributed by atoms with van der Waals surface area (Å²) in [6.07, 6.45) is 18.4. The molecular formula is C20H21N7. The molecule has 0 N–H and O–H groups in total. The highest BCUT2D eigenvalue weighted by Gasteiger charge is 2.31. The average Bonchev–Trinajstić information content (AvgIpc) is 3.07. The summed E-state index contributed by atoms with van der Waals surface area (Å²) in [5, 5.41) is 8.91.